The Hall–Kier alpha value is -2.75. The third-order valence-electron chi connectivity index (χ3n) is 5.29. The van der Waals surface area contributed by atoms with Gasteiger partial charge in [0.05, 0.1) is 6.04 Å². The summed E-state index contributed by atoms with van der Waals surface area (Å²) in [6, 6.07) is 13.5. The molecule has 0 saturated heterocycles. The smallest absolute Gasteiger partial charge is 0.253 e. The fourth-order valence-electron chi connectivity index (χ4n) is 4.04. The molecule has 25 heavy (non-hydrogen) atoms. The normalized spacial score (nSPS) is 23.5. The van der Waals surface area contributed by atoms with Gasteiger partial charge in [-0.3, -0.25) is 4.79 Å². The molecule has 0 spiro atoms. The molecule has 0 radical (unpaired) electrons. The highest BCUT2D eigenvalue weighted by atomic mass is 16.3. The molecule has 3 unspecified atom stereocenters. The number of rotatable bonds is 2. The first-order valence-corrected chi connectivity index (χ1v) is 8.63. The van der Waals surface area contributed by atoms with E-state index < -0.39 is 0 Å². The zero-order valence-electron chi connectivity index (χ0n) is 14.4. The van der Waals surface area contributed by atoms with Crippen molar-refractivity contribution >= 4 is 11.6 Å². The van der Waals surface area contributed by atoms with Crippen LogP contribution in [0.5, 0.6) is 5.75 Å². The van der Waals surface area contributed by atoms with Gasteiger partial charge in [-0.1, -0.05) is 30.4 Å². The fourth-order valence-corrected chi connectivity index (χ4v) is 4.04. The Morgan fingerprint density at radius 2 is 1.96 bits per heavy atom. The van der Waals surface area contributed by atoms with E-state index in [1.807, 2.05) is 36.4 Å². The largest absolute Gasteiger partial charge is 0.508 e. The summed E-state index contributed by atoms with van der Waals surface area (Å²) in [7, 11) is 3.54. The Labute approximate surface area is 147 Å². The minimum Gasteiger partial charge on any atom is -0.508 e. The summed E-state index contributed by atoms with van der Waals surface area (Å²) in [5.74, 6) is 0.943. The molecule has 128 valence electrons. The Bertz CT molecular complexity index is 857. The van der Waals surface area contributed by atoms with E-state index in [4.69, 9.17) is 0 Å². The summed E-state index contributed by atoms with van der Waals surface area (Å²) in [5.41, 5.74) is 3.85. The van der Waals surface area contributed by atoms with Crippen molar-refractivity contribution in [2.75, 3.05) is 19.4 Å². The average Bonchev–Trinajstić information content (AvgIpc) is 3.10. The van der Waals surface area contributed by atoms with Crippen LogP contribution in [0.3, 0.4) is 0 Å². The monoisotopic (exact) mass is 334 g/mol. The summed E-state index contributed by atoms with van der Waals surface area (Å²) in [6.07, 6.45) is 5.41. The van der Waals surface area contributed by atoms with Crippen LogP contribution in [0.25, 0.3) is 0 Å². The van der Waals surface area contributed by atoms with Crippen LogP contribution in [0.2, 0.25) is 0 Å². The van der Waals surface area contributed by atoms with Gasteiger partial charge in [-0.2, -0.15) is 0 Å². The highest BCUT2D eigenvalue weighted by Gasteiger charge is 2.39. The Morgan fingerprint density at radius 1 is 1.16 bits per heavy atom. The summed E-state index contributed by atoms with van der Waals surface area (Å²) < 4.78 is 0. The first-order valence-electron chi connectivity index (χ1n) is 8.63. The molecular formula is C21H22N2O2. The Kier molecular flexibility index (Phi) is 3.75. The molecule has 1 amide bonds. The number of carbonyl (C=O) groups excluding carboxylic acids is 1. The third-order valence-corrected chi connectivity index (χ3v) is 5.29. The quantitative estimate of drug-likeness (QED) is 0.819. The van der Waals surface area contributed by atoms with Crippen molar-refractivity contribution in [1.82, 2.24) is 4.90 Å². The van der Waals surface area contributed by atoms with Gasteiger partial charge in [-0.05, 0) is 42.2 Å². The maximum atomic E-state index is 12.3. The summed E-state index contributed by atoms with van der Waals surface area (Å²) in [6.45, 7) is 0. The van der Waals surface area contributed by atoms with Crippen molar-refractivity contribution in [3.63, 3.8) is 0 Å². The Balaban J connectivity index is 1.76. The highest BCUT2D eigenvalue weighted by molar-refractivity contribution is 5.94. The lowest BCUT2D eigenvalue weighted by Crippen LogP contribution is -2.30. The lowest BCUT2D eigenvalue weighted by Gasteiger charge is -2.38. The average molecular weight is 334 g/mol. The zero-order valence-corrected chi connectivity index (χ0v) is 14.4. The second-order valence-electron chi connectivity index (χ2n) is 7.04. The van der Waals surface area contributed by atoms with Gasteiger partial charge < -0.3 is 15.3 Å². The van der Waals surface area contributed by atoms with Crippen LogP contribution in [-0.4, -0.2) is 30.0 Å². The number of aromatic hydroxyl groups is 1. The highest BCUT2D eigenvalue weighted by Crippen LogP contribution is 2.51. The molecule has 1 heterocycles. The molecule has 0 saturated carbocycles. The maximum Gasteiger partial charge on any atom is 0.253 e. The lowest BCUT2D eigenvalue weighted by atomic mass is 9.76. The van der Waals surface area contributed by atoms with Gasteiger partial charge in [0, 0.05) is 36.8 Å². The molecule has 2 aromatic carbocycles. The van der Waals surface area contributed by atoms with Gasteiger partial charge in [-0.25, -0.2) is 0 Å². The van der Waals surface area contributed by atoms with Crippen LogP contribution >= 0.6 is 0 Å². The number of hydrogen-bond donors (Lipinski definition) is 2. The lowest BCUT2D eigenvalue weighted by molar-refractivity contribution is 0.0827. The number of hydrogen-bond acceptors (Lipinski definition) is 3. The molecule has 1 aliphatic carbocycles. The fraction of sp³-hybridized carbons (Fsp3) is 0.286. The predicted octanol–water partition coefficient (Wildman–Crippen LogP) is 3.92. The molecule has 1 aliphatic heterocycles. The first kappa shape index (κ1) is 15.8. The minimum absolute atomic E-state index is 0.0177. The van der Waals surface area contributed by atoms with E-state index in [0.717, 1.165) is 23.2 Å². The number of nitrogens with one attached hydrogen (secondary N) is 1. The topological polar surface area (TPSA) is 52.6 Å². The van der Waals surface area contributed by atoms with Crippen LogP contribution < -0.4 is 5.32 Å². The molecule has 3 atom stereocenters. The van der Waals surface area contributed by atoms with Gasteiger partial charge in [0.2, 0.25) is 0 Å². The summed E-state index contributed by atoms with van der Waals surface area (Å²) >= 11 is 0. The third kappa shape index (κ3) is 2.58. The van der Waals surface area contributed by atoms with E-state index >= 15 is 0 Å². The van der Waals surface area contributed by atoms with E-state index in [2.05, 4.69) is 17.5 Å². The van der Waals surface area contributed by atoms with Crippen LogP contribution in [-0.2, 0) is 0 Å². The summed E-state index contributed by atoms with van der Waals surface area (Å²) in [5, 5.41) is 13.9. The van der Waals surface area contributed by atoms with Gasteiger partial charge in [-0.15, -0.1) is 0 Å². The number of carbonyl (C=O) groups is 1. The molecule has 4 rings (SSSR count). The SMILES string of the molecule is CN(C)C(=O)c1ccc2c(c1)C1C=CCC1C(c1ccccc1O)N2. The van der Waals surface area contributed by atoms with E-state index in [1.54, 1.807) is 25.1 Å². The molecule has 0 fully saturated rings. The predicted molar refractivity (Wildman–Crippen MR) is 98.9 cm³/mol. The number of fused-ring (bicyclic) bond motifs is 3. The molecule has 0 aromatic heterocycles. The van der Waals surface area contributed by atoms with Crippen LogP contribution in [0.15, 0.2) is 54.6 Å². The molecule has 2 N–H and O–H groups in total. The second kappa shape index (κ2) is 5.96. The molecule has 2 aliphatic rings. The maximum absolute atomic E-state index is 12.3. The number of para-hydroxylation sites is 1. The number of amides is 1. The number of nitrogens with zero attached hydrogens (tertiary/aromatic N) is 1. The number of allylic oxidation sites excluding steroid dienone is 2. The van der Waals surface area contributed by atoms with E-state index in [0.29, 0.717) is 17.2 Å². The number of phenolic OH excluding ortho intramolecular Hbond substituents is 1. The van der Waals surface area contributed by atoms with Crippen LogP contribution in [0, 0.1) is 5.92 Å². The van der Waals surface area contributed by atoms with Gasteiger partial charge >= 0.3 is 0 Å². The van der Waals surface area contributed by atoms with Crippen molar-refractivity contribution in [3.05, 3.63) is 71.3 Å². The van der Waals surface area contributed by atoms with Crippen molar-refractivity contribution < 1.29 is 9.90 Å². The molecule has 4 nitrogen and oxygen atoms in total. The van der Waals surface area contributed by atoms with E-state index in [1.165, 1.54) is 0 Å². The van der Waals surface area contributed by atoms with E-state index in [9.17, 15) is 9.90 Å². The van der Waals surface area contributed by atoms with Crippen molar-refractivity contribution in [1.29, 1.82) is 0 Å². The standard InChI is InChI=1S/C21H22N2O2/c1-23(2)21(25)13-10-11-18-17(12-13)14-7-5-8-15(14)20(22-18)16-6-3-4-9-19(16)24/h3-7,9-12,14-15,20,22,24H,8H2,1-2H3. The minimum atomic E-state index is 0.0177. The number of phenols is 1. The Morgan fingerprint density at radius 3 is 2.72 bits per heavy atom. The van der Waals surface area contributed by atoms with Crippen LogP contribution in [0.1, 0.15) is 39.9 Å². The van der Waals surface area contributed by atoms with Crippen molar-refractivity contribution in [3.8, 4) is 5.75 Å². The summed E-state index contributed by atoms with van der Waals surface area (Å²) in [4.78, 5) is 13.9. The molecule has 4 heteroatoms. The van der Waals surface area contributed by atoms with Gasteiger partial charge in [0.1, 0.15) is 5.75 Å². The molecule has 2 aromatic rings. The van der Waals surface area contributed by atoms with Gasteiger partial charge in [0.15, 0.2) is 0 Å². The van der Waals surface area contributed by atoms with Gasteiger partial charge in [0.25, 0.3) is 5.91 Å². The zero-order chi connectivity index (χ0) is 17.6. The number of anilines is 1. The number of benzene rings is 2. The molecular weight excluding hydrogens is 312 g/mol. The first-order chi connectivity index (χ1) is 12.1. The van der Waals surface area contributed by atoms with Crippen molar-refractivity contribution in [2.24, 2.45) is 5.92 Å². The van der Waals surface area contributed by atoms with E-state index in [-0.39, 0.29) is 17.9 Å². The second-order valence-corrected chi connectivity index (χ2v) is 7.04. The van der Waals surface area contributed by atoms with Crippen LogP contribution in [0.4, 0.5) is 5.69 Å². The van der Waals surface area contributed by atoms with Crippen molar-refractivity contribution in [2.45, 2.75) is 18.4 Å². The molecule has 0 bridgehead atoms.